The van der Waals surface area contributed by atoms with Gasteiger partial charge in [0.15, 0.2) is 0 Å². The number of rotatable bonds is 9. The molecule has 14 aromatic rings. The van der Waals surface area contributed by atoms with Gasteiger partial charge in [0.2, 0.25) is 0 Å². The molecule has 0 aliphatic carbocycles. The molecule has 0 atom stereocenters. The van der Waals surface area contributed by atoms with E-state index in [9.17, 15) is 4.11 Å². The van der Waals surface area contributed by atoms with Crippen LogP contribution < -0.4 is 26.2 Å². The van der Waals surface area contributed by atoms with E-state index in [0.717, 1.165) is 134 Å². The molecule has 0 fully saturated rings. The maximum atomic E-state index is 9.88. The minimum absolute atomic E-state index is 0.0716. The predicted octanol–water partition coefficient (Wildman–Crippen LogP) is 18.9. The van der Waals surface area contributed by atoms with Gasteiger partial charge in [0, 0.05) is 55.8 Å². The van der Waals surface area contributed by atoms with Crippen LogP contribution in [0.2, 0.25) is 0 Å². The highest BCUT2D eigenvalue weighted by Gasteiger charge is 2.46. The van der Waals surface area contributed by atoms with E-state index in [-0.39, 0.29) is 30.9 Å². The summed E-state index contributed by atoms with van der Waals surface area (Å²) < 4.78 is 39.9. The molecule has 0 radical (unpaired) electrons. The highest BCUT2D eigenvalue weighted by molar-refractivity contribution is 7.00. The number of para-hydroxylation sites is 4. The van der Waals surface area contributed by atoms with Crippen LogP contribution in [0.5, 0.6) is 0 Å². The Balaban J connectivity index is 1.13. The van der Waals surface area contributed by atoms with Gasteiger partial charge in [-0.2, -0.15) is 0 Å². The molecule has 1 aromatic heterocycles. The van der Waals surface area contributed by atoms with Gasteiger partial charge in [-0.3, -0.25) is 0 Å². The molecule has 3 heterocycles. The van der Waals surface area contributed by atoms with Crippen LogP contribution in [0, 0.1) is 0 Å². The van der Waals surface area contributed by atoms with E-state index in [1.165, 1.54) is 0 Å². The summed E-state index contributed by atoms with van der Waals surface area (Å²) in [6.45, 7) is -0.316. The second-order valence-corrected chi connectivity index (χ2v) is 21.2. The normalized spacial score (nSPS) is 13.0. The summed E-state index contributed by atoms with van der Waals surface area (Å²) in [5.41, 5.74) is 24.1. The zero-order valence-electron chi connectivity index (χ0n) is 48.6. The minimum atomic E-state index is -0.316. The molecule has 13 aromatic carbocycles. The molecule has 0 N–H and O–H groups in total. The standard InChI is InChI=1S/C78H52BN3/c1-7-25-53(26-8-1)59-46-48-72-69(49-59)79-68-47-45-60(54-27-9-2-10-28-54)50-73(68)82(78-64(57-33-15-5-16-34-57)41-24-42-65(78)58-35-17-6-18-36-58)75-52-61(80-70-43-21-19-37-66(70)67-38-20-22-44-71(67)80)51-74(76(75)79)81(72)77-62(55-29-11-3-12-30-55)39-23-40-63(77)56-31-13-4-14-32-56/h1-52H/i19D,21D,37D,43D. The van der Waals surface area contributed by atoms with Crippen molar-refractivity contribution in [3.05, 3.63) is 315 Å². The molecule has 82 heavy (non-hydrogen) atoms. The minimum Gasteiger partial charge on any atom is -0.310 e. The SMILES string of the molecule is [2H]c1c([2H])c([2H])c2c(c1[2H])c1ccccc1n2-c1cc2c3c(c1)N(c1c(-c4ccccc4)cccc1-c1ccccc1)c1cc(-c4ccccc4)ccc1B3c1cc(-c3ccccc3)ccc1N2c1c(-c2ccccc2)cccc1-c1ccccc1. The summed E-state index contributed by atoms with van der Waals surface area (Å²) in [6, 6.07) is 103. The van der Waals surface area contributed by atoms with Crippen LogP contribution in [0.3, 0.4) is 0 Å². The van der Waals surface area contributed by atoms with Crippen molar-refractivity contribution >= 4 is 79.0 Å². The van der Waals surface area contributed by atoms with E-state index >= 15 is 0 Å². The molecule has 382 valence electrons. The molecule has 0 unspecified atom stereocenters. The number of hydrogen-bond donors (Lipinski definition) is 0. The molecule has 4 heteroatoms. The number of fused-ring (bicyclic) bond motifs is 7. The lowest BCUT2D eigenvalue weighted by Gasteiger charge is -2.46. The molecule has 0 amide bonds. The van der Waals surface area contributed by atoms with E-state index in [1.54, 1.807) is 0 Å². The quantitative estimate of drug-likeness (QED) is 0.134. The second kappa shape index (κ2) is 19.6. The first-order valence-electron chi connectivity index (χ1n) is 30.0. The van der Waals surface area contributed by atoms with Gasteiger partial charge in [0.25, 0.3) is 6.71 Å². The summed E-state index contributed by atoms with van der Waals surface area (Å²) in [5, 5.41) is 1.22. The molecule has 3 nitrogen and oxygen atoms in total. The van der Waals surface area contributed by atoms with Crippen LogP contribution in [-0.2, 0) is 0 Å². The first kappa shape index (κ1) is 43.2. The lowest BCUT2D eigenvalue weighted by molar-refractivity contribution is 1.16. The Hall–Kier alpha value is -10.7. The van der Waals surface area contributed by atoms with Crippen molar-refractivity contribution in [1.82, 2.24) is 4.57 Å². The van der Waals surface area contributed by atoms with Crippen molar-refractivity contribution < 1.29 is 5.48 Å². The van der Waals surface area contributed by atoms with Gasteiger partial charge in [0.05, 0.1) is 33.6 Å². The van der Waals surface area contributed by atoms with Gasteiger partial charge in [0.1, 0.15) is 0 Å². The van der Waals surface area contributed by atoms with Gasteiger partial charge in [-0.15, -0.1) is 0 Å². The zero-order valence-corrected chi connectivity index (χ0v) is 44.6. The fourth-order valence-corrected chi connectivity index (χ4v) is 13.1. The van der Waals surface area contributed by atoms with Crippen molar-refractivity contribution in [2.24, 2.45) is 0 Å². The van der Waals surface area contributed by atoms with Crippen LogP contribution in [0.4, 0.5) is 34.1 Å². The third kappa shape index (κ3) is 7.68. The second-order valence-electron chi connectivity index (χ2n) is 21.2. The lowest BCUT2D eigenvalue weighted by atomic mass is 9.33. The third-order valence-corrected chi connectivity index (χ3v) is 16.7. The molecule has 0 saturated carbocycles. The first-order valence-corrected chi connectivity index (χ1v) is 28.0. The van der Waals surface area contributed by atoms with E-state index in [1.807, 2.05) is 24.3 Å². The average Bonchev–Trinajstić information content (AvgIpc) is 0.857. The maximum Gasteiger partial charge on any atom is 0.252 e. The van der Waals surface area contributed by atoms with Gasteiger partial charge in [-0.1, -0.05) is 279 Å². The Morgan fingerprint density at radius 1 is 0.280 bits per heavy atom. The number of nitrogens with zero attached hydrogens (tertiary/aromatic N) is 3. The Morgan fingerprint density at radius 3 is 1.22 bits per heavy atom. The predicted molar refractivity (Wildman–Crippen MR) is 347 cm³/mol. The summed E-state index contributed by atoms with van der Waals surface area (Å²) in [4.78, 5) is 5.04. The Bertz CT molecular complexity index is 4870. The van der Waals surface area contributed by atoms with Gasteiger partial charge >= 0.3 is 0 Å². The van der Waals surface area contributed by atoms with Crippen LogP contribution in [0.25, 0.3) is 94.3 Å². The van der Waals surface area contributed by atoms with Crippen molar-refractivity contribution in [3.63, 3.8) is 0 Å². The van der Waals surface area contributed by atoms with Crippen LogP contribution >= 0.6 is 0 Å². The average molecular weight is 1050 g/mol. The lowest BCUT2D eigenvalue weighted by Crippen LogP contribution is -2.61. The maximum absolute atomic E-state index is 9.88. The Morgan fingerprint density at radius 2 is 0.707 bits per heavy atom. The highest BCUT2D eigenvalue weighted by atomic mass is 15.2. The molecular weight excluding hydrogens is 990 g/mol. The van der Waals surface area contributed by atoms with Gasteiger partial charge < -0.3 is 14.4 Å². The van der Waals surface area contributed by atoms with Crippen molar-refractivity contribution in [2.75, 3.05) is 9.80 Å². The molecule has 0 bridgehead atoms. The largest absolute Gasteiger partial charge is 0.310 e. The van der Waals surface area contributed by atoms with Crippen molar-refractivity contribution in [2.45, 2.75) is 0 Å². The topological polar surface area (TPSA) is 11.4 Å². The molecular formula is C78H52BN3. The van der Waals surface area contributed by atoms with E-state index < -0.39 is 0 Å². The molecule has 0 spiro atoms. The fourth-order valence-electron chi connectivity index (χ4n) is 13.1. The number of aromatic nitrogens is 1. The Labute approximate surface area is 484 Å². The molecule has 0 saturated heterocycles. The van der Waals surface area contributed by atoms with Gasteiger partial charge in [-0.05, 0) is 97.3 Å². The third-order valence-electron chi connectivity index (χ3n) is 16.7. The van der Waals surface area contributed by atoms with Crippen LogP contribution in [0.1, 0.15) is 5.48 Å². The first-order chi connectivity index (χ1) is 42.4. The van der Waals surface area contributed by atoms with E-state index in [4.69, 9.17) is 1.37 Å². The van der Waals surface area contributed by atoms with Gasteiger partial charge in [-0.25, -0.2) is 0 Å². The molecule has 2 aliphatic rings. The summed E-state index contributed by atoms with van der Waals surface area (Å²) in [5.74, 6) is 0. The zero-order chi connectivity index (χ0) is 57.6. The number of anilines is 6. The number of benzene rings is 13. The monoisotopic (exact) mass is 1050 g/mol. The van der Waals surface area contributed by atoms with Crippen LogP contribution in [-0.4, -0.2) is 11.3 Å². The molecule has 16 rings (SSSR count). The summed E-state index contributed by atoms with van der Waals surface area (Å²) >= 11 is 0. The smallest absolute Gasteiger partial charge is 0.252 e. The van der Waals surface area contributed by atoms with E-state index in [2.05, 4.69) is 281 Å². The van der Waals surface area contributed by atoms with Crippen LogP contribution in [0.15, 0.2) is 315 Å². The van der Waals surface area contributed by atoms with Crippen molar-refractivity contribution in [3.8, 4) is 72.4 Å². The number of hydrogen-bond acceptors (Lipinski definition) is 2. The summed E-state index contributed by atoms with van der Waals surface area (Å²) in [6.07, 6.45) is 0. The molecule has 2 aliphatic heterocycles. The summed E-state index contributed by atoms with van der Waals surface area (Å²) in [7, 11) is 0. The Kier molecular flexibility index (Phi) is 10.3. The van der Waals surface area contributed by atoms with Crippen molar-refractivity contribution in [1.29, 1.82) is 0 Å². The fraction of sp³-hybridized carbons (Fsp3) is 0. The van der Waals surface area contributed by atoms with E-state index in [0.29, 0.717) is 10.9 Å². The highest BCUT2D eigenvalue weighted by Crippen LogP contribution is 2.54.